The Kier molecular flexibility index (Phi) is 3.57. The number of hydrogen-bond donors (Lipinski definition) is 2. The Labute approximate surface area is 105 Å². The van der Waals surface area contributed by atoms with Gasteiger partial charge in [-0.25, -0.2) is 4.98 Å². The third kappa shape index (κ3) is 3.07. The predicted octanol–water partition coefficient (Wildman–Crippen LogP) is 0.370. The van der Waals surface area contributed by atoms with E-state index in [9.17, 15) is 4.79 Å². The Morgan fingerprint density at radius 2 is 2.28 bits per heavy atom. The number of nitrogens with two attached hydrogens (primary N) is 1. The van der Waals surface area contributed by atoms with Crippen molar-refractivity contribution in [3.63, 3.8) is 0 Å². The minimum absolute atomic E-state index is 0.195. The molecule has 2 heterocycles. The summed E-state index contributed by atoms with van der Waals surface area (Å²) in [6.07, 6.45) is 5.92. The molecule has 0 aliphatic carbocycles. The van der Waals surface area contributed by atoms with Gasteiger partial charge in [0.1, 0.15) is 5.69 Å². The van der Waals surface area contributed by atoms with E-state index < -0.39 is 0 Å². The molecular formula is C12H15N5O. The zero-order valence-electron chi connectivity index (χ0n) is 10.1. The van der Waals surface area contributed by atoms with Gasteiger partial charge < -0.3 is 11.1 Å². The maximum atomic E-state index is 11.7. The third-order valence-corrected chi connectivity index (χ3v) is 2.48. The van der Waals surface area contributed by atoms with Gasteiger partial charge in [-0.2, -0.15) is 5.10 Å². The summed E-state index contributed by atoms with van der Waals surface area (Å²) in [4.78, 5) is 15.7. The number of rotatable bonds is 4. The SMILES string of the molecule is Cn1cc(CCNC(=O)c2ccc(N)cn2)cn1. The first-order chi connectivity index (χ1) is 8.65. The summed E-state index contributed by atoms with van der Waals surface area (Å²) in [6, 6.07) is 3.26. The highest BCUT2D eigenvalue weighted by atomic mass is 16.1. The summed E-state index contributed by atoms with van der Waals surface area (Å²) < 4.78 is 1.73. The highest BCUT2D eigenvalue weighted by Gasteiger charge is 2.06. The van der Waals surface area contributed by atoms with E-state index in [1.54, 1.807) is 23.0 Å². The van der Waals surface area contributed by atoms with Crippen LogP contribution < -0.4 is 11.1 Å². The van der Waals surface area contributed by atoms with Gasteiger partial charge in [0, 0.05) is 19.8 Å². The number of aryl methyl sites for hydroxylation is 1. The van der Waals surface area contributed by atoms with E-state index in [0.29, 0.717) is 17.9 Å². The van der Waals surface area contributed by atoms with Crippen molar-refractivity contribution in [2.75, 3.05) is 12.3 Å². The van der Waals surface area contributed by atoms with E-state index in [0.717, 1.165) is 12.0 Å². The lowest BCUT2D eigenvalue weighted by atomic mass is 10.2. The normalized spacial score (nSPS) is 10.3. The highest BCUT2D eigenvalue weighted by molar-refractivity contribution is 5.92. The molecule has 18 heavy (non-hydrogen) atoms. The molecule has 1 amide bonds. The zero-order chi connectivity index (χ0) is 13.0. The van der Waals surface area contributed by atoms with Gasteiger partial charge in [0.2, 0.25) is 0 Å². The van der Waals surface area contributed by atoms with E-state index in [1.807, 2.05) is 13.2 Å². The fraction of sp³-hybridized carbons (Fsp3) is 0.250. The average Bonchev–Trinajstić information content (AvgIpc) is 2.76. The molecule has 6 nitrogen and oxygen atoms in total. The van der Waals surface area contributed by atoms with Crippen molar-refractivity contribution >= 4 is 11.6 Å². The van der Waals surface area contributed by atoms with Crippen LogP contribution in [0, 0.1) is 0 Å². The molecule has 94 valence electrons. The first-order valence-electron chi connectivity index (χ1n) is 5.62. The Balaban J connectivity index is 1.83. The summed E-state index contributed by atoms with van der Waals surface area (Å²) >= 11 is 0. The summed E-state index contributed by atoms with van der Waals surface area (Å²) in [5.74, 6) is -0.195. The molecule has 0 aromatic carbocycles. The lowest BCUT2D eigenvalue weighted by molar-refractivity contribution is 0.0949. The van der Waals surface area contributed by atoms with E-state index in [4.69, 9.17) is 5.73 Å². The van der Waals surface area contributed by atoms with Crippen LogP contribution in [0.15, 0.2) is 30.7 Å². The number of amides is 1. The van der Waals surface area contributed by atoms with E-state index in [2.05, 4.69) is 15.4 Å². The van der Waals surface area contributed by atoms with E-state index in [-0.39, 0.29) is 5.91 Å². The topological polar surface area (TPSA) is 85.8 Å². The number of nitrogen functional groups attached to an aromatic ring is 1. The van der Waals surface area contributed by atoms with Crippen LogP contribution in [-0.2, 0) is 13.5 Å². The fourth-order valence-corrected chi connectivity index (χ4v) is 1.55. The molecule has 0 saturated carbocycles. The van der Waals surface area contributed by atoms with Crippen molar-refractivity contribution < 1.29 is 4.79 Å². The molecule has 2 aromatic heterocycles. The quantitative estimate of drug-likeness (QED) is 0.814. The standard InChI is InChI=1S/C12H15N5O/c1-17-8-9(6-16-17)4-5-14-12(18)11-3-2-10(13)7-15-11/h2-3,6-8H,4-5,13H2,1H3,(H,14,18). The van der Waals surface area contributed by atoms with Crippen LogP contribution in [0.3, 0.4) is 0 Å². The molecule has 0 spiro atoms. The van der Waals surface area contributed by atoms with Crippen LogP contribution in [0.25, 0.3) is 0 Å². The molecule has 0 fully saturated rings. The van der Waals surface area contributed by atoms with Gasteiger partial charge >= 0.3 is 0 Å². The average molecular weight is 245 g/mol. The molecule has 2 rings (SSSR count). The minimum atomic E-state index is -0.195. The zero-order valence-corrected chi connectivity index (χ0v) is 10.1. The molecule has 2 aromatic rings. The Hall–Kier alpha value is -2.37. The molecule has 0 radical (unpaired) electrons. The van der Waals surface area contributed by atoms with Crippen molar-refractivity contribution in [2.45, 2.75) is 6.42 Å². The van der Waals surface area contributed by atoms with E-state index >= 15 is 0 Å². The second kappa shape index (κ2) is 5.31. The van der Waals surface area contributed by atoms with Crippen molar-refractivity contribution in [2.24, 2.45) is 7.05 Å². The Morgan fingerprint density at radius 1 is 1.44 bits per heavy atom. The van der Waals surface area contributed by atoms with Crippen LogP contribution in [-0.4, -0.2) is 27.2 Å². The first kappa shape index (κ1) is 12.1. The second-order valence-corrected chi connectivity index (χ2v) is 4.00. The molecule has 6 heteroatoms. The van der Waals surface area contributed by atoms with Crippen LogP contribution in [0.2, 0.25) is 0 Å². The summed E-state index contributed by atoms with van der Waals surface area (Å²) in [7, 11) is 1.86. The number of anilines is 1. The molecule has 0 saturated heterocycles. The van der Waals surface area contributed by atoms with Crippen LogP contribution in [0.5, 0.6) is 0 Å². The number of hydrogen-bond acceptors (Lipinski definition) is 4. The second-order valence-electron chi connectivity index (χ2n) is 4.00. The highest BCUT2D eigenvalue weighted by Crippen LogP contribution is 2.01. The molecule has 0 unspecified atom stereocenters. The summed E-state index contributed by atoms with van der Waals surface area (Å²) in [6.45, 7) is 0.552. The van der Waals surface area contributed by atoms with Crippen molar-refractivity contribution in [3.05, 3.63) is 42.0 Å². The maximum absolute atomic E-state index is 11.7. The molecular weight excluding hydrogens is 230 g/mol. The number of carbonyl (C=O) groups excluding carboxylic acids is 1. The van der Waals surface area contributed by atoms with E-state index in [1.165, 1.54) is 6.20 Å². The summed E-state index contributed by atoms with van der Waals surface area (Å²) in [5.41, 5.74) is 7.50. The number of nitrogens with one attached hydrogen (secondary N) is 1. The number of pyridine rings is 1. The summed E-state index contributed by atoms with van der Waals surface area (Å²) in [5, 5.41) is 6.86. The van der Waals surface area contributed by atoms with Crippen LogP contribution >= 0.6 is 0 Å². The lowest BCUT2D eigenvalue weighted by Crippen LogP contribution is -2.26. The molecule has 0 bridgehead atoms. The number of nitrogens with zero attached hydrogens (tertiary/aromatic N) is 3. The van der Waals surface area contributed by atoms with Crippen molar-refractivity contribution in [1.29, 1.82) is 0 Å². The fourth-order valence-electron chi connectivity index (χ4n) is 1.55. The molecule has 0 atom stereocenters. The molecule has 0 aliphatic rings. The monoisotopic (exact) mass is 245 g/mol. The lowest BCUT2D eigenvalue weighted by Gasteiger charge is -2.03. The molecule has 0 aliphatic heterocycles. The van der Waals surface area contributed by atoms with Crippen LogP contribution in [0.4, 0.5) is 5.69 Å². The number of aromatic nitrogens is 3. The van der Waals surface area contributed by atoms with Gasteiger partial charge in [-0.3, -0.25) is 9.48 Å². The van der Waals surface area contributed by atoms with Gasteiger partial charge in [0.05, 0.1) is 18.1 Å². The smallest absolute Gasteiger partial charge is 0.269 e. The third-order valence-electron chi connectivity index (χ3n) is 2.48. The van der Waals surface area contributed by atoms with Crippen LogP contribution in [0.1, 0.15) is 16.1 Å². The minimum Gasteiger partial charge on any atom is -0.397 e. The maximum Gasteiger partial charge on any atom is 0.269 e. The predicted molar refractivity (Wildman–Crippen MR) is 67.9 cm³/mol. The Morgan fingerprint density at radius 3 is 2.89 bits per heavy atom. The first-order valence-corrected chi connectivity index (χ1v) is 5.62. The van der Waals surface area contributed by atoms with Gasteiger partial charge in [0.25, 0.3) is 5.91 Å². The number of carbonyl (C=O) groups is 1. The van der Waals surface area contributed by atoms with Crippen molar-refractivity contribution in [3.8, 4) is 0 Å². The van der Waals surface area contributed by atoms with Gasteiger partial charge in [-0.1, -0.05) is 0 Å². The Bertz CT molecular complexity index is 532. The molecule has 3 N–H and O–H groups in total. The van der Waals surface area contributed by atoms with Crippen molar-refractivity contribution in [1.82, 2.24) is 20.1 Å². The van der Waals surface area contributed by atoms with Gasteiger partial charge in [-0.05, 0) is 24.1 Å². The van der Waals surface area contributed by atoms with Gasteiger partial charge in [-0.15, -0.1) is 0 Å². The van der Waals surface area contributed by atoms with Gasteiger partial charge in [0.15, 0.2) is 0 Å². The largest absolute Gasteiger partial charge is 0.397 e.